The van der Waals surface area contributed by atoms with E-state index in [0.717, 1.165) is 0 Å². The third-order valence-corrected chi connectivity index (χ3v) is 8.06. The van der Waals surface area contributed by atoms with Gasteiger partial charge in [0, 0.05) is 12.0 Å². The van der Waals surface area contributed by atoms with Crippen molar-refractivity contribution in [3.63, 3.8) is 0 Å². The van der Waals surface area contributed by atoms with E-state index in [4.69, 9.17) is 18.9 Å². The van der Waals surface area contributed by atoms with Crippen LogP contribution in [0.5, 0.6) is 23.3 Å². The molecule has 0 aliphatic rings. The fourth-order valence-electron chi connectivity index (χ4n) is 3.83. The van der Waals surface area contributed by atoms with Gasteiger partial charge in [0.2, 0.25) is 27.7 Å². The largest absolute Gasteiger partial charge is 0.494 e. The first-order valence-electron chi connectivity index (χ1n) is 11.8. The Hall–Kier alpha value is -4.46. The first-order valence-corrected chi connectivity index (χ1v) is 13.3. The van der Waals surface area contributed by atoms with Crippen LogP contribution < -0.4 is 23.7 Å². The van der Waals surface area contributed by atoms with Crippen LogP contribution >= 0.6 is 0 Å². The van der Waals surface area contributed by atoms with Crippen LogP contribution in [0.25, 0.3) is 17.2 Å². The number of aromatic nitrogens is 6. The standard InChI is InChI=1S/C25H29N7O6S/c1-15(18-13-27-22(38-6)14-26-18)16(2)39(33,34)31-25-30-29-24(17-9-7-12-21(28-17)37-5)32(25)23-19(35-3)10-8-11-20(23)36-4/h7-16H,1-6H3,(H,30,31)/t15-,16-/m1/s1. The zero-order valence-corrected chi connectivity index (χ0v) is 23.1. The lowest BCUT2D eigenvalue weighted by atomic mass is 10.1. The molecular weight excluding hydrogens is 526 g/mol. The zero-order chi connectivity index (χ0) is 28.2. The Morgan fingerprint density at radius 3 is 2.08 bits per heavy atom. The summed E-state index contributed by atoms with van der Waals surface area (Å²) in [6.07, 6.45) is 2.93. The fourth-order valence-corrected chi connectivity index (χ4v) is 5.08. The smallest absolute Gasteiger partial charge is 0.243 e. The molecule has 4 aromatic rings. The van der Waals surface area contributed by atoms with Gasteiger partial charge in [0.1, 0.15) is 22.9 Å². The second-order valence-corrected chi connectivity index (χ2v) is 10.4. The highest BCUT2D eigenvalue weighted by molar-refractivity contribution is 7.93. The second kappa shape index (κ2) is 11.5. The number of nitrogens with zero attached hydrogens (tertiary/aromatic N) is 6. The van der Waals surface area contributed by atoms with Gasteiger partial charge in [0.25, 0.3) is 0 Å². The SMILES string of the molecule is COc1cnc([C@H](C)[C@@H](C)S(=O)(=O)Nc2nnc(-c3cccc(OC)n3)n2-c2c(OC)cccc2OC)cn1. The molecule has 39 heavy (non-hydrogen) atoms. The van der Waals surface area contributed by atoms with E-state index in [1.165, 1.54) is 45.4 Å². The molecule has 0 bridgehead atoms. The second-order valence-electron chi connectivity index (χ2n) is 8.38. The quantitative estimate of drug-likeness (QED) is 0.290. The summed E-state index contributed by atoms with van der Waals surface area (Å²) in [6.45, 7) is 3.33. The topological polar surface area (TPSA) is 152 Å². The Morgan fingerprint density at radius 1 is 0.821 bits per heavy atom. The molecular formula is C25H29N7O6S. The van der Waals surface area contributed by atoms with Crippen molar-refractivity contribution in [2.24, 2.45) is 0 Å². The summed E-state index contributed by atoms with van der Waals surface area (Å²) in [5.41, 5.74) is 1.25. The summed E-state index contributed by atoms with van der Waals surface area (Å²) in [6, 6.07) is 10.3. The fraction of sp³-hybridized carbons (Fsp3) is 0.320. The van der Waals surface area contributed by atoms with Crippen LogP contribution in [-0.4, -0.2) is 71.8 Å². The van der Waals surface area contributed by atoms with Crippen LogP contribution in [0.4, 0.5) is 5.95 Å². The van der Waals surface area contributed by atoms with Crippen molar-refractivity contribution < 1.29 is 27.4 Å². The molecule has 0 unspecified atom stereocenters. The molecule has 206 valence electrons. The van der Waals surface area contributed by atoms with Gasteiger partial charge in [-0.15, -0.1) is 10.2 Å². The number of anilines is 1. The lowest BCUT2D eigenvalue weighted by Gasteiger charge is -2.21. The molecule has 14 heteroatoms. The van der Waals surface area contributed by atoms with Gasteiger partial charge in [0.15, 0.2) is 5.82 Å². The van der Waals surface area contributed by atoms with E-state index >= 15 is 0 Å². The van der Waals surface area contributed by atoms with Gasteiger partial charge in [-0.1, -0.05) is 19.1 Å². The van der Waals surface area contributed by atoms with Crippen molar-refractivity contribution in [3.8, 4) is 40.5 Å². The maximum Gasteiger partial charge on any atom is 0.243 e. The normalized spacial score (nSPS) is 12.9. The third-order valence-electron chi connectivity index (χ3n) is 6.20. The highest BCUT2D eigenvalue weighted by atomic mass is 32.2. The minimum Gasteiger partial charge on any atom is -0.494 e. The van der Waals surface area contributed by atoms with E-state index in [1.54, 1.807) is 50.2 Å². The van der Waals surface area contributed by atoms with Gasteiger partial charge in [-0.3, -0.25) is 14.3 Å². The molecule has 13 nitrogen and oxygen atoms in total. The van der Waals surface area contributed by atoms with E-state index in [0.29, 0.717) is 40.3 Å². The minimum absolute atomic E-state index is 0.0858. The van der Waals surface area contributed by atoms with Crippen molar-refractivity contribution in [1.82, 2.24) is 29.7 Å². The molecule has 0 saturated heterocycles. The van der Waals surface area contributed by atoms with E-state index in [9.17, 15) is 8.42 Å². The maximum absolute atomic E-state index is 13.6. The molecule has 0 saturated carbocycles. The molecule has 2 atom stereocenters. The molecule has 0 radical (unpaired) electrons. The Kier molecular flexibility index (Phi) is 8.14. The van der Waals surface area contributed by atoms with Gasteiger partial charge in [-0.2, -0.15) is 0 Å². The Balaban J connectivity index is 1.82. The van der Waals surface area contributed by atoms with Gasteiger partial charge in [-0.25, -0.2) is 18.4 Å². The highest BCUT2D eigenvalue weighted by Gasteiger charge is 2.32. The number of pyridine rings is 1. The van der Waals surface area contributed by atoms with Gasteiger partial charge in [-0.05, 0) is 25.1 Å². The van der Waals surface area contributed by atoms with Crippen molar-refractivity contribution in [2.75, 3.05) is 33.2 Å². The molecule has 0 aliphatic carbocycles. The number of nitrogens with one attached hydrogen (secondary N) is 1. The average molecular weight is 556 g/mol. The van der Waals surface area contributed by atoms with Crippen LogP contribution in [0, 0.1) is 0 Å². The number of ether oxygens (including phenoxy) is 4. The van der Waals surface area contributed by atoms with Crippen molar-refractivity contribution >= 4 is 16.0 Å². The molecule has 0 fully saturated rings. The Morgan fingerprint density at radius 2 is 1.49 bits per heavy atom. The molecule has 3 heterocycles. The summed E-state index contributed by atoms with van der Waals surface area (Å²) >= 11 is 0. The number of para-hydroxylation sites is 1. The van der Waals surface area contributed by atoms with E-state index < -0.39 is 21.2 Å². The number of benzene rings is 1. The number of methoxy groups -OCH3 is 4. The van der Waals surface area contributed by atoms with Gasteiger partial charge in [0.05, 0.1) is 51.8 Å². The van der Waals surface area contributed by atoms with Crippen LogP contribution in [0.1, 0.15) is 25.5 Å². The Labute approximate surface area is 226 Å². The van der Waals surface area contributed by atoms with E-state index in [1.807, 2.05) is 0 Å². The van der Waals surface area contributed by atoms with Crippen molar-refractivity contribution in [3.05, 3.63) is 54.5 Å². The van der Waals surface area contributed by atoms with E-state index in [2.05, 4.69) is 29.9 Å². The summed E-state index contributed by atoms with van der Waals surface area (Å²) in [4.78, 5) is 12.9. The molecule has 4 rings (SSSR count). The number of hydrogen-bond acceptors (Lipinski definition) is 11. The maximum atomic E-state index is 13.6. The number of hydrogen-bond donors (Lipinski definition) is 1. The lowest BCUT2D eigenvalue weighted by Crippen LogP contribution is -2.31. The van der Waals surface area contributed by atoms with Crippen LogP contribution in [0.2, 0.25) is 0 Å². The van der Waals surface area contributed by atoms with E-state index in [-0.39, 0.29) is 11.8 Å². The molecule has 1 aromatic carbocycles. The number of sulfonamides is 1. The summed E-state index contributed by atoms with van der Waals surface area (Å²) < 4.78 is 52.8. The highest BCUT2D eigenvalue weighted by Crippen LogP contribution is 2.38. The molecule has 3 aromatic heterocycles. The zero-order valence-electron chi connectivity index (χ0n) is 22.3. The molecule has 0 aliphatic heterocycles. The summed E-state index contributed by atoms with van der Waals surface area (Å²) in [7, 11) is 1.94. The Bertz CT molecular complexity index is 1520. The monoisotopic (exact) mass is 555 g/mol. The van der Waals surface area contributed by atoms with Crippen LogP contribution in [-0.2, 0) is 10.0 Å². The van der Waals surface area contributed by atoms with Gasteiger partial charge < -0.3 is 18.9 Å². The predicted molar refractivity (Wildman–Crippen MR) is 143 cm³/mol. The van der Waals surface area contributed by atoms with Gasteiger partial charge >= 0.3 is 0 Å². The van der Waals surface area contributed by atoms with Crippen molar-refractivity contribution in [2.45, 2.75) is 25.0 Å². The van der Waals surface area contributed by atoms with Crippen LogP contribution in [0.3, 0.4) is 0 Å². The average Bonchev–Trinajstić information content (AvgIpc) is 3.37. The first kappa shape index (κ1) is 27.6. The third kappa shape index (κ3) is 5.55. The molecule has 1 N–H and O–H groups in total. The van der Waals surface area contributed by atoms with Crippen molar-refractivity contribution in [1.29, 1.82) is 0 Å². The minimum atomic E-state index is -4.03. The number of rotatable bonds is 11. The molecule has 0 amide bonds. The first-order chi connectivity index (χ1) is 18.7. The predicted octanol–water partition coefficient (Wildman–Crippen LogP) is 3.09. The van der Waals surface area contributed by atoms with Crippen LogP contribution in [0.15, 0.2) is 48.8 Å². The summed E-state index contributed by atoms with van der Waals surface area (Å²) in [5, 5.41) is 7.53. The lowest BCUT2D eigenvalue weighted by molar-refractivity contribution is 0.391. The summed E-state index contributed by atoms with van der Waals surface area (Å²) in [5.74, 6) is 1.10. The molecule has 0 spiro atoms.